The predicted molar refractivity (Wildman–Crippen MR) is 89.9 cm³/mol. The van der Waals surface area contributed by atoms with E-state index in [1.165, 1.54) is 0 Å². The molecule has 0 unspecified atom stereocenters. The van der Waals surface area contributed by atoms with Crippen molar-refractivity contribution in [2.24, 2.45) is 11.5 Å². The molecule has 0 saturated carbocycles. The van der Waals surface area contributed by atoms with Crippen LogP contribution in [0.3, 0.4) is 0 Å². The van der Waals surface area contributed by atoms with Crippen LogP contribution in [0.15, 0.2) is 0 Å². The van der Waals surface area contributed by atoms with Gasteiger partial charge in [0.25, 0.3) is 11.9 Å². The Morgan fingerprint density at radius 2 is 0.968 bits per heavy atom. The zero-order valence-electron chi connectivity index (χ0n) is 15.5. The Hall–Kier alpha value is -3.93. The average Bonchev–Trinajstić information content (AvgIpc) is 2.88. The molecule has 2 saturated heterocycles. The molecule has 31 heavy (non-hydrogen) atoms. The normalized spacial score (nSPS) is 19.5. The van der Waals surface area contributed by atoms with Crippen LogP contribution < -0.4 is 16.9 Å². The minimum Gasteiger partial charge on any atom is -0.606 e. The third-order valence-corrected chi connectivity index (χ3v) is 3.73. The van der Waals surface area contributed by atoms with Crippen LogP contribution in [0.4, 0.5) is 0 Å². The van der Waals surface area contributed by atoms with Crippen LogP contribution in [0.2, 0.25) is 0 Å². The Labute approximate surface area is 171 Å². The molecule has 0 bridgehead atoms. The van der Waals surface area contributed by atoms with E-state index in [1.807, 2.05) is 0 Å². The number of carbonyl (C=O) groups excluding carboxylic acids is 2. The van der Waals surface area contributed by atoms with E-state index in [4.69, 9.17) is 29.7 Å². The minimum absolute atomic E-state index is 0.0833. The maximum Gasteiger partial charge on any atom is 0.657 e. The molecule has 2 rings (SSSR count). The van der Waals surface area contributed by atoms with E-state index in [-0.39, 0.29) is 5.96 Å². The summed E-state index contributed by atoms with van der Waals surface area (Å²) >= 11 is 0. The van der Waals surface area contributed by atoms with Crippen LogP contribution >= 0.6 is 0 Å². The van der Waals surface area contributed by atoms with Crippen LogP contribution in [-0.2, 0) is 47.4 Å². The largest absolute Gasteiger partial charge is 0.657 e. The third kappa shape index (κ3) is 6.03. The minimum atomic E-state index is -3.91. The Balaban J connectivity index is 0.00000110. The summed E-state index contributed by atoms with van der Waals surface area (Å²) < 4.78 is 19.3. The van der Waals surface area contributed by atoms with E-state index in [2.05, 4.69) is 26.2 Å². The second-order valence-electron chi connectivity index (χ2n) is 6.39. The highest BCUT2D eigenvalue weighted by Crippen LogP contribution is 2.44. The van der Waals surface area contributed by atoms with Crippen molar-refractivity contribution in [2.75, 3.05) is 0 Å². The van der Waals surface area contributed by atoms with E-state index in [0.717, 1.165) is 0 Å². The highest BCUT2D eigenvalue weighted by atomic mass is 16.9. The fraction of sp³-hybridized carbons (Fsp3) is 0.462. The summed E-state index contributed by atoms with van der Waals surface area (Å²) in [7, 11) is 0. The molecule has 0 aromatic carbocycles. The quantitative estimate of drug-likeness (QED) is 0.103. The van der Waals surface area contributed by atoms with Crippen molar-refractivity contribution in [3.63, 3.8) is 0 Å². The van der Waals surface area contributed by atoms with Gasteiger partial charge in [-0.25, -0.2) is 0 Å². The SMILES string of the molecule is NC(N)=[NH2+].O=C(O)CC1(CC(=O)O)O[B-]2(OC1=O)OC(=O)C(CC(=O)O)(CC(=O)O)O2. The van der Waals surface area contributed by atoms with Crippen LogP contribution in [0, 0.1) is 0 Å². The molecule has 2 fully saturated rings. The number of carboxylic acids is 4. The van der Waals surface area contributed by atoms with Crippen LogP contribution in [0.1, 0.15) is 25.7 Å². The van der Waals surface area contributed by atoms with Gasteiger partial charge in [0.2, 0.25) is 0 Å². The number of hydrogen-bond acceptors (Lipinski definition) is 10. The molecule has 2 aliphatic heterocycles. The molecule has 0 atom stereocenters. The van der Waals surface area contributed by atoms with Crippen molar-refractivity contribution in [3.8, 4) is 0 Å². The second-order valence-corrected chi connectivity index (χ2v) is 6.39. The number of carboxylic acid groups (broad SMARTS) is 4. The summed E-state index contributed by atoms with van der Waals surface area (Å²) in [5.41, 5.74) is 3.92. The first-order valence-corrected chi connectivity index (χ1v) is 8.07. The van der Waals surface area contributed by atoms with E-state index < -0.39 is 79.7 Å². The van der Waals surface area contributed by atoms with Gasteiger partial charge in [-0.15, -0.1) is 0 Å². The maximum absolute atomic E-state index is 12.1. The third-order valence-electron chi connectivity index (χ3n) is 3.73. The van der Waals surface area contributed by atoms with Gasteiger partial charge in [0.05, 0.1) is 25.7 Å². The van der Waals surface area contributed by atoms with Crippen LogP contribution in [0.25, 0.3) is 0 Å². The van der Waals surface area contributed by atoms with Gasteiger partial charge in [-0.3, -0.25) is 45.6 Å². The molecule has 172 valence electrons. The van der Waals surface area contributed by atoms with Crippen molar-refractivity contribution in [1.29, 1.82) is 0 Å². The topological polar surface area (TPSA) is 298 Å². The van der Waals surface area contributed by atoms with Gasteiger partial charge in [-0.2, -0.15) is 0 Å². The molecule has 0 aliphatic carbocycles. The predicted octanol–water partition coefficient (Wildman–Crippen LogP) is -5.04. The monoisotopic (exact) mass is 451 g/mol. The van der Waals surface area contributed by atoms with Gasteiger partial charge in [0, 0.05) is 0 Å². The first-order valence-electron chi connectivity index (χ1n) is 8.07. The van der Waals surface area contributed by atoms with Crippen molar-refractivity contribution >= 4 is 48.7 Å². The lowest BCUT2D eigenvalue weighted by Gasteiger charge is -2.32. The number of aliphatic carboxylic acids is 4. The van der Waals surface area contributed by atoms with E-state index in [9.17, 15) is 28.8 Å². The van der Waals surface area contributed by atoms with Gasteiger partial charge in [-0.05, 0) is 0 Å². The summed E-state index contributed by atoms with van der Waals surface area (Å²) in [6.07, 6.45) is -4.80. The number of hydrogen-bond donors (Lipinski definition) is 7. The molecule has 2 heterocycles. The maximum atomic E-state index is 12.1. The zero-order chi connectivity index (χ0) is 24.2. The van der Waals surface area contributed by atoms with Crippen LogP contribution in [-0.4, -0.2) is 80.4 Å². The average molecular weight is 451 g/mol. The standard InChI is InChI=1S/C12H12BO14.CH5N3/c14-5(15)1-11(2-6(16)17)9(22)24-13(26-11)25-10(23)12(27-13,3-7(18)19)4-8(20)21;2-1(3)4/h1-4H2,(H,14,15)(H,16,17)(H,18,19)(H,20,21);(H5,2,3,4)/q-1;/p+1. The molecule has 0 aromatic heterocycles. The lowest BCUT2D eigenvalue weighted by atomic mass is 9.93. The number of guanidine groups is 1. The summed E-state index contributed by atoms with van der Waals surface area (Å²) in [4.78, 5) is 68.2. The Kier molecular flexibility index (Phi) is 7.16. The molecule has 10 N–H and O–H groups in total. The Morgan fingerprint density at radius 3 is 1.16 bits per heavy atom. The summed E-state index contributed by atoms with van der Waals surface area (Å²) in [6.45, 7) is -3.91. The highest BCUT2D eigenvalue weighted by molar-refractivity contribution is 6.61. The Morgan fingerprint density at radius 1 is 0.742 bits per heavy atom. The number of nitrogens with two attached hydrogens (primary N) is 3. The smallest absolute Gasteiger partial charge is 0.606 e. The van der Waals surface area contributed by atoms with E-state index >= 15 is 0 Å². The van der Waals surface area contributed by atoms with Gasteiger partial charge >= 0.3 is 36.8 Å². The van der Waals surface area contributed by atoms with Gasteiger partial charge < -0.3 is 39.0 Å². The Bertz CT molecular complexity index is 743. The molecule has 0 aromatic rings. The molecule has 17 nitrogen and oxygen atoms in total. The second kappa shape index (κ2) is 8.84. The van der Waals surface area contributed by atoms with E-state index in [0.29, 0.717) is 0 Å². The molecular weight excluding hydrogens is 433 g/mol. The summed E-state index contributed by atoms with van der Waals surface area (Å²) in [5.74, 6) is -9.80. The molecule has 2 aliphatic rings. The van der Waals surface area contributed by atoms with Crippen molar-refractivity contribution in [2.45, 2.75) is 36.9 Å². The van der Waals surface area contributed by atoms with Crippen LogP contribution in [0.5, 0.6) is 0 Å². The van der Waals surface area contributed by atoms with Gasteiger partial charge in [0.1, 0.15) is 11.2 Å². The summed E-state index contributed by atoms with van der Waals surface area (Å²) in [5, 5.41) is 40.2. The fourth-order valence-corrected chi connectivity index (χ4v) is 2.83. The molecule has 1 spiro atoms. The summed E-state index contributed by atoms with van der Waals surface area (Å²) in [6, 6.07) is 0. The lowest BCUT2D eigenvalue weighted by molar-refractivity contribution is -0.157. The molecule has 18 heteroatoms. The molecule has 0 amide bonds. The van der Waals surface area contributed by atoms with Gasteiger partial charge in [0.15, 0.2) is 0 Å². The number of carbonyl (C=O) groups is 6. The van der Waals surface area contributed by atoms with Crippen molar-refractivity contribution < 1.29 is 73.2 Å². The van der Waals surface area contributed by atoms with Crippen molar-refractivity contribution in [1.82, 2.24) is 0 Å². The highest BCUT2D eigenvalue weighted by Gasteiger charge is 2.68. The zero-order valence-corrected chi connectivity index (χ0v) is 15.5. The van der Waals surface area contributed by atoms with E-state index in [1.54, 1.807) is 0 Å². The number of rotatable bonds is 8. The molecular formula is C13H18BN3O14. The van der Waals surface area contributed by atoms with Crippen molar-refractivity contribution in [3.05, 3.63) is 0 Å². The fourth-order valence-electron chi connectivity index (χ4n) is 2.83. The first-order chi connectivity index (χ1) is 14.1. The lowest BCUT2D eigenvalue weighted by Crippen LogP contribution is -2.51. The van der Waals surface area contributed by atoms with Gasteiger partial charge in [-0.1, -0.05) is 0 Å². The molecule has 0 radical (unpaired) electrons. The first kappa shape index (κ1) is 25.1.